The van der Waals surface area contributed by atoms with Gasteiger partial charge in [-0.25, -0.2) is 14.4 Å². The molecule has 0 radical (unpaired) electrons. The summed E-state index contributed by atoms with van der Waals surface area (Å²) in [4.78, 5) is 64.5. The predicted octanol–water partition coefficient (Wildman–Crippen LogP) is 0.736. The minimum atomic E-state index is -3.42. The van der Waals surface area contributed by atoms with Gasteiger partial charge in [-0.1, -0.05) is 46.3 Å². The zero-order valence-corrected chi connectivity index (χ0v) is 39.6. The number of ether oxygens (including phenoxy) is 7. The van der Waals surface area contributed by atoms with Crippen LogP contribution in [-0.2, 0) is 57.1 Å². The first-order valence-electron chi connectivity index (χ1n) is 23.9. The van der Waals surface area contributed by atoms with Crippen molar-refractivity contribution in [3.05, 3.63) is 11.6 Å². The number of carbonyl (C=O) groups excluding carboxylic acids is 1. The number of rotatable bonds is 11. The summed E-state index contributed by atoms with van der Waals surface area (Å²) in [6.07, 6.45) is -14.1. The van der Waals surface area contributed by atoms with Gasteiger partial charge >= 0.3 is 35.6 Å². The van der Waals surface area contributed by atoms with E-state index in [1.54, 1.807) is 6.92 Å². The number of carboxylic acid groups (broad SMARTS) is 4. The third-order valence-corrected chi connectivity index (χ3v) is 18.8. The molecule has 21 atom stereocenters. The van der Waals surface area contributed by atoms with Gasteiger partial charge in [0.15, 0.2) is 12.4 Å². The first-order chi connectivity index (χ1) is 32.1. The Labute approximate surface area is 397 Å². The van der Waals surface area contributed by atoms with E-state index in [9.17, 15) is 69.9 Å². The molecule has 3 saturated heterocycles. The molecule has 8 aliphatic rings. The number of esters is 1. The molecule has 4 saturated carbocycles. The number of aliphatic carboxylic acids is 4. The van der Waals surface area contributed by atoms with Gasteiger partial charge in [0.05, 0.1) is 23.5 Å². The molecule has 5 aliphatic carbocycles. The molecule has 0 unspecified atom stereocenters. The van der Waals surface area contributed by atoms with Crippen LogP contribution in [-0.4, -0.2) is 174 Å². The maximum absolute atomic E-state index is 14.7. The van der Waals surface area contributed by atoms with Crippen molar-refractivity contribution >= 4 is 29.8 Å². The normalized spacial score (nSPS) is 50.1. The Kier molecular flexibility index (Phi) is 13.3. The van der Waals surface area contributed by atoms with Crippen molar-refractivity contribution in [2.75, 3.05) is 13.2 Å². The number of aliphatic hydroxyl groups is 6. The van der Waals surface area contributed by atoms with Crippen molar-refractivity contribution in [1.82, 2.24) is 0 Å². The predicted molar refractivity (Wildman–Crippen MR) is 228 cm³/mol. The highest BCUT2D eigenvalue weighted by Gasteiger charge is 2.72. The third-order valence-electron chi connectivity index (χ3n) is 18.8. The number of fused-ring (bicyclic) bond motifs is 8. The molecule has 0 spiro atoms. The highest BCUT2D eigenvalue weighted by atomic mass is 16.8. The molecule has 388 valence electrons. The lowest BCUT2D eigenvalue weighted by Crippen LogP contribution is -2.72. The molecule has 0 bridgehead atoms. The fourth-order valence-corrected chi connectivity index (χ4v) is 14.7. The van der Waals surface area contributed by atoms with E-state index in [2.05, 4.69) is 40.7 Å². The highest BCUT2D eigenvalue weighted by molar-refractivity contribution is 5.79. The van der Waals surface area contributed by atoms with E-state index in [0.29, 0.717) is 57.8 Å². The molecule has 22 nitrogen and oxygen atoms in total. The van der Waals surface area contributed by atoms with Crippen LogP contribution in [0, 0.1) is 50.2 Å². The van der Waals surface area contributed by atoms with Gasteiger partial charge < -0.3 is 84.2 Å². The molecule has 22 heteroatoms. The monoisotopic (exact) mass is 984 g/mol. The average molecular weight is 985 g/mol. The fourth-order valence-electron chi connectivity index (χ4n) is 14.7. The molecule has 3 aliphatic heterocycles. The SMILES string of the molecule is CC1(C)CC[C@]2(C(=O)O[C@@H]3O[C@H](CO)[C@@H](O)[C@H](O)[C@H]3O)CC[C@]3(C)C(=CC[C@@H]4[C@@]5(C)CC[C@H](O[C@@H]6O[C@H](C(=O)O)[C@@H]7O[C@@](O)(C(=O)O)[C@@H](OCC(=O)O)O[C@@H]7[C@H]6O)[C@@](C)(C(=O)O)[C@@H]5CC[C@]43C)[C@@H]2C1. The topological polar surface area (TPSA) is 352 Å². The first-order valence-corrected chi connectivity index (χ1v) is 23.9. The Morgan fingerprint density at radius 1 is 0.739 bits per heavy atom. The summed E-state index contributed by atoms with van der Waals surface area (Å²) in [5, 5.41) is 104. The molecule has 3 heterocycles. The average Bonchev–Trinajstić information content (AvgIpc) is 3.27. The van der Waals surface area contributed by atoms with Crippen molar-refractivity contribution in [1.29, 1.82) is 0 Å². The molecule has 0 aromatic carbocycles. The molecule has 7 fully saturated rings. The maximum atomic E-state index is 14.7. The van der Waals surface area contributed by atoms with E-state index in [1.807, 2.05) is 0 Å². The summed E-state index contributed by atoms with van der Waals surface area (Å²) in [6, 6.07) is 0. The van der Waals surface area contributed by atoms with Crippen LogP contribution < -0.4 is 0 Å². The second-order valence-corrected chi connectivity index (χ2v) is 22.7. The standard InChI is InChI=1S/C47H68O22/c1-41(2)13-15-46(39(61)68-35-29(53)28(52)27(51)22(18-48)64-35)16-14-43(4)20(21(46)17-41)7-8-23-42(3)11-10-25(45(6,37(57)58)24(42)9-12-44(23,43)5)65-36-30(54)31-32(33(66-36)34(55)56)69-47(62,38(59)60)40(67-31)63-19-26(49)50/h7,21-25,27-33,35-36,40,48,51-54,62H,8-19H2,1-6H3,(H,49,50)(H,55,56)(H,57,58)(H,59,60)/t21-,22+,23+,24+,25-,27+,28-,29+,30+,31+,32+,33-,35-,36+,40-,42+,43+,44+,45-,46-,47-/m0/s1. The first kappa shape index (κ1) is 51.9. The summed E-state index contributed by atoms with van der Waals surface area (Å²) in [6.45, 7) is 10.7. The molecular formula is C47H68O22. The summed E-state index contributed by atoms with van der Waals surface area (Å²) < 4.78 is 39.4. The molecule has 69 heavy (non-hydrogen) atoms. The number of hydrogen-bond donors (Lipinski definition) is 10. The minimum Gasteiger partial charge on any atom is -0.481 e. The van der Waals surface area contributed by atoms with E-state index >= 15 is 0 Å². The van der Waals surface area contributed by atoms with Gasteiger partial charge in [0.2, 0.25) is 12.6 Å². The zero-order valence-electron chi connectivity index (χ0n) is 39.6. The van der Waals surface area contributed by atoms with E-state index in [1.165, 1.54) is 0 Å². The van der Waals surface area contributed by atoms with Crippen LogP contribution in [0.4, 0.5) is 0 Å². The Balaban J connectivity index is 1.07. The summed E-state index contributed by atoms with van der Waals surface area (Å²) >= 11 is 0. The summed E-state index contributed by atoms with van der Waals surface area (Å²) in [5.74, 6) is -11.5. The van der Waals surface area contributed by atoms with Crippen LogP contribution in [0.2, 0.25) is 0 Å². The van der Waals surface area contributed by atoms with E-state index in [4.69, 9.17) is 38.3 Å². The van der Waals surface area contributed by atoms with E-state index in [-0.39, 0.29) is 23.7 Å². The smallest absolute Gasteiger partial charge is 0.369 e. The van der Waals surface area contributed by atoms with Gasteiger partial charge in [0.1, 0.15) is 49.3 Å². The van der Waals surface area contributed by atoms with Gasteiger partial charge in [0.25, 0.3) is 0 Å². The van der Waals surface area contributed by atoms with E-state index < -0.39 is 156 Å². The van der Waals surface area contributed by atoms with Crippen molar-refractivity contribution in [2.24, 2.45) is 50.2 Å². The van der Waals surface area contributed by atoms with Crippen molar-refractivity contribution in [3.63, 3.8) is 0 Å². The molecule has 0 aromatic heterocycles. The second-order valence-electron chi connectivity index (χ2n) is 22.7. The quantitative estimate of drug-likeness (QED) is 0.0775. The summed E-state index contributed by atoms with van der Waals surface area (Å²) in [7, 11) is 0. The lowest BCUT2D eigenvalue weighted by atomic mass is 9.33. The Hall–Kier alpha value is -3.39. The van der Waals surface area contributed by atoms with Crippen LogP contribution in [0.3, 0.4) is 0 Å². The molecule has 8 rings (SSSR count). The number of carbonyl (C=O) groups is 5. The van der Waals surface area contributed by atoms with Crippen molar-refractivity contribution < 1.29 is 108 Å². The number of hydrogen-bond acceptors (Lipinski definition) is 18. The molecule has 0 aromatic rings. The Morgan fingerprint density at radius 3 is 2.04 bits per heavy atom. The molecule has 10 N–H and O–H groups in total. The third kappa shape index (κ3) is 7.85. The minimum absolute atomic E-state index is 0.0699. The van der Waals surface area contributed by atoms with Crippen molar-refractivity contribution in [3.8, 4) is 0 Å². The summed E-state index contributed by atoms with van der Waals surface area (Å²) in [5.41, 5.74) is -3.18. The lowest BCUT2D eigenvalue weighted by molar-refractivity contribution is -0.435. The second kappa shape index (κ2) is 17.7. The lowest BCUT2D eigenvalue weighted by Gasteiger charge is -2.71. The van der Waals surface area contributed by atoms with Gasteiger partial charge in [-0.15, -0.1) is 0 Å². The molecular weight excluding hydrogens is 916 g/mol. The fraction of sp³-hybridized carbons (Fsp3) is 0.851. The van der Waals surface area contributed by atoms with Crippen LogP contribution in [0.1, 0.15) is 106 Å². The highest BCUT2D eigenvalue weighted by Crippen LogP contribution is 2.76. The van der Waals surface area contributed by atoms with Crippen molar-refractivity contribution in [2.45, 2.75) is 185 Å². The van der Waals surface area contributed by atoms with Crippen LogP contribution >= 0.6 is 0 Å². The van der Waals surface area contributed by atoms with Crippen LogP contribution in [0.25, 0.3) is 0 Å². The van der Waals surface area contributed by atoms with E-state index in [0.717, 1.165) is 5.57 Å². The Morgan fingerprint density at radius 2 is 1.42 bits per heavy atom. The van der Waals surface area contributed by atoms with Gasteiger partial charge in [-0.05, 0) is 111 Å². The van der Waals surface area contributed by atoms with Crippen LogP contribution in [0.5, 0.6) is 0 Å². The number of aliphatic hydroxyl groups excluding tert-OH is 5. The largest absolute Gasteiger partial charge is 0.481 e. The van der Waals surface area contributed by atoms with Crippen LogP contribution in [0.15, 0.2) is 11.6 Å². The Bertz CT molecular complexity index is 2100. The van der Waals surface area contributed by atoms with Gasteiger partial charge in [-0.2, -0.15) is 0 Å². The number of allylic oxidation sites excluding steroid dienone is 2. The van der Waals surface area contributed by atoms with Gasteiger partial charge in [0, 0.05) is 0 Å². The zero-order chi connectivity index (χ0) is 50.8. The molecule has 0 amide bonds. The maximum Gasteiger partial charge on any atom is 0.369 e. The number of carboxylic acids is 4. The van der Waals surface area contributed by atoms with Gasteiger partial charge in [-0.3, -0.25) is 9.59 Å².